The van der Waals surface area contributed by atoms with E-state index in [9.17, 15) is 0 Å². The molecule has 0 aromatic carbocycles. The quantitative estimate of drug-likeness (QED) is 0.707. The fourth-order valence-corrected chi connectivity index (χ4v) is 2.71. The van der Waals surface area contributed by atoms with Crippen molar-refractivity contribution in [3.63, 3.8) is 0 Å². The Labute approximate surface area is 95.2 Å². The van der Waals surface area contributed by atoms with E-state index in [1.807, 2.05) is 0 Å². The summed E-state index contributed by atoms with van der Waals surface area (Å²) in [4.78, 5) is 0. The Balaban J connectivity index is 2.13. The van der Waals surface area contributed by atoms with E-state index >= 15 is 0 Å². The van der Waals surface area contributed by atoms with Crippen molar-refractivity contribution in [2.75, 3.05) is 6.54 Å². The monoisotopic (exact) mass is 212 g/mol. The lowest BCUT2D eigenvalue weighted by atomic mass is 10.0. The van der Waals surface area contributed by atoms with Crippen molar-refractivity contribution in [1.82, 2.24) is 10.6 Å². The number of hydrogen-bond acceptors (Lipinski definition) is 2. The molecule has 0 aromatic rings. The molecule has 90 valence electrons. The van der Waals surface area contributed by atoms with Crippen molar-refractivity contribution in [1.29, 1.82) is 0 Å². The van der Waals surface area contributed by atoms with E-state index in [1.165, 1.54) is 32.2 Å². The molecule has 0 radical (unpaired) electrons. The summed E-state index contributed by atoms with van der Waals surface area (Å²) in [7, 11) is 0. The van der Waals surface area contributed by atoms with Crippen LogP contribution in [0.25, 0.3) is 0 Å². The molecule has 1 rings (SSSR count). The lowest BCUT2D eigenvalue weighted by molar-refractivity contribution is 0.367. The van der Waals surface area contributed by atoms with Crippen molar-refractivity contribution in [2.45, 2.75) is 71.5 Å². The van der Waals surface area contributed by atoms with Crippen LogP contribution >= 0.6 is 0 Å². The first-order chi connectivity index (χ1) is 7.08. The minimum Gasteiger partial charge on any atom is -0.314 e. The molecule has 2 heteroatoms. The summed E-state index contributed by atoms with van der Waals surface area (Å²) in [5, 5.41) is 7.26. The van der Waals surface area contributed by atoms with Gasteiger partial charge < -0.3 is 10.6 Å². The van der Waals surface area contributed by atoms with Crippen LogP contribution in [-0.2, 0) is 0 Å². The molecule has 0 saturated carbocycles. The molecule has 1 heterocycles. The van der Waals surface area contributed by atoms with Crippen LogP contribution in [0.3, 0.4) is 0 Å². The molecule has 0 bridgehead atoms. The van der Waals surface area contributed by atoms with E-state index in [0.29, 0.717) is 12.1 Å². The highest BCUT2D eigenvalue weighted by Crippen LogP contribution is 2.12. The van der Waals surface area contributed by atoms with Crippen molar-refractivity contribution in [2.24, 2.45) is 5.92 Å². The summed E-state index contributed by atoms with van der Waals surface area (Å²) in [6, 6.07) is 2.06. The van der Waals surface area contributed by atoms with Gasteiger partial charge in [-0.05, 0) is 52.0 Å². The molecule has 0 aliphatic carbocycles. The second-order valence-electron chi connectivity index (χ2n) is 5.63. The number of hydrogen-bond donors (Lipinski definition) is 2. The third kappa shape index (κ3) is 5.53. The van der Waals surface area contributed by atoms with Gasteiger partial charge in [-0.1, -0.05) is 13.8 Å². The Morgan fingerprint density at radius 2 is 1.93 bits per heavy atom. The Kier molecular flexibility index (Phi) is 5.62. The van der Waals surface area contributed by atoms with Gasteiger partial charge in [0.25, 0.3) is 0 Å². The Hall–Kier alpha value is -0.0800. The third-order valence-corrected chi connectivity index (χ3v) is 3.19. The minimum atomic E-state index is 0.648. The van der Waals surface area contributed by atoms with Crippen molar-refractivity contribution in [3.8, 4) is 0 Å². The molecule has 15 heavy (non-hydrogen) atoms. The average molecular weight is 212 g/mol. The molecule has 0 spiro atoms. The molecule has 1 saturated heterocycles. The second-order valence-corrected chi connectivity index (χ2v) is 5.63. The van der Waals surface area contributed by atoms with Crippen molar-refractivity contribution < 1.29 is 0 Å². The van der Waals surface area contributed by atoms with Gasteiger partial charge in [0.05, 0.1) is 0 Å². The Bertz CT molecular complexity index is 162. The molecular formula is C13H28N2. The van der Waals surface area contributed by atoms with E-state index in [2.05, 4.69) is 38.3 Å². The summed E-state index contributed by atoms with van der Waals surface area (Å²) in [6.45, 7) is 10.4. The molecule has 2 nitrogen and oxygen atoms in total. The van der Waals surface area contributed by atoms with Gasteiger partial charge in [0, 0.05) is 18.1 Å². The molecule has 3 unspecified atom stereocenters. The molecule has 1 aliphatic heterocycles. The number of nitrogens with one attached hydrogen (secondary N) is 2. The highest BCUT2D eigenvalue weighted by Gasteiger charge is 2.17. The van der Waals surface area contributed by atoms with E-state index in [1.54, 1.807) is 0 Å². The Morgan fingerprint density at radius 1 is 1.20 bits per heavy atom. The first-order valence-electron chi connectivity index (χ1n) is 6.57. The van der Waals surface area contributed by atoms with E-state index < -0.39 is 0 Å². The molecule has 0 aromatic heterocycles. The zero-order valence-electron chi connectivity index (χ0n) is 10.8. The summed E-state index contributed by atoms with van der Waals surface area (Å²) in [5.41, 5.74) is 0. The molecular weight excluding hydrogens is 184 g/mol. The fraction of sp³-hybridized carbons (Fsp3) is 1.00. The molecule has 0 amide bonds. The number of rotatable bonds is 6. The minimum absolute atomic E-state index is 0.648. The normalized spacial score (nSPS) is 25.8. The van der Waals surface area contributed by atoms with Gasteiger partial charge in [-0.25, -0.2) is 0 Å². The van der Waals surface area contributed by atoms with E-state index in [0.717, 1.165) is 12.0 Å². The van der Waals surface area contributed by atoms with E-state index in [4.69, 9.17) is 0 Å². The van der Waals surface area contributed by atoms with Crippen LogP contribution < -0.4 is 10.6 Å². The molecule has 2 N–H and O–H groups in total. The van der Waals surface area contributed by atoms with Gasteiger partial charge in [-0.3, -0.25) is 0 Å². The van der Waals surface area contributed by atoms with Crippen LogP contribution in [0.4, 0.5) is 0 Å². The molecule has 3 atom stereocenters. The zero-order valence-corrected chi connectivity index (χ0v) is 10.8. The zero-order chi connectivity index (χ0) is 11.3. The van der Waals surface area contributed by atoms with Crippen molar-refractivity contribution in [3.05, 3.63) is 0 Å². The molecule has 1 fully saturated rings. The van der Waals surface area contributed by atoms with Crippen molar-refractivity contribution >= 4 is 0 Å². The summed E-state index contributed by atoms with van der Waals surface area (Å²) in [5.74, 6) is 0.796. The standard InChI is InChI=1S/C13H28N2/c1-10(2)8-11(3)15-12(4)9-13-6-5-7-14-13/h10-15H,5-9H2,1-4H3. The Morgan fingerprint density at radius 3 is 2.47 bits per heavy atom. The van der Waals surface area contributed by atoms with Gasteiger partial charge >= 0.3 is 0 Å². The highest BCUT2D eigenvalue weighted by atomic mass is 15.0. The van der Waals surface area contributed by atoms with Gasteiger partial charge in [0.1, 0.15) is 0 Å². The lowest BCUT2D eigenvalue weighted by Crippen LogP contribution is -2.39. The van der Waals surface area contributed by atoms with Crippen LogP contribution in [0.2, 0.25) is 0 Å². The first-order valence-corrected chi connectivity index (χ1v) is 6.57. The van der Waals surface area contributed by atoms with Crippen LogP contribution in [0.1, 0.15) is 53.4 Å². The summed E-state index contributed by atoms with van der Waals surface area (Å²) in [6.07, 6.45) is 5.29. The smallest absolute Gasteiger partial charge is 0.00822 e. The van der Waals surface area contributed by atoms with Gasteiger partial charge in [0.15, 0.2) is 0 Å². The predicted molar refractivity (Wildman–Crippen MR) is 67.2 cm³/mol. The maximum Gasteiger partial charge on any atom is 0.00822 e. The van der Waals surface area contributed by atoms with Gasteiger partial charge in [-0.15, -0.1) is 0 Å². The first kappa shape index (κ1) is 13.0. The van der Waals surface area contributed by atoms with Gasteiger partial charge in [0.2, 0.25) is 0 Å². The summed E-state index contributed by atoms with van der Waals surface area (Å²) < 4.78 is 0. The van der Waals surface area contributed by atoms with Crippen LogP contribution in [0, 0.1) is 5.92 Å². The van der Waals surface area contributed by atoms with Crippen LogP contribution in [-0.4, -0.2) is 24.7 Å². The topological polar surface area (TPSA) is 24.1 Å². The second kappa shape index (κ2) is 6.49. The fourth-order valence-electron chi connectivity index (χ4n) is 2.71. The maximum absolute atomic E-state index is 3.70. The van der Waals surface area contributed by atoms with E-state index in [-0.39, 0.29) is 0 Å². The lowest BCUT2D eigenvalue weighted by Gasteiger charge is -2.23. The predicted octanol–water partition coefficient (Wildman–Crippen LogP) is 2.54. The molecule has 1 aliphatic rings. The third-order valence-electron chi connectivity index (χ3n) is 3.19. The highest BCUT2D eigenvalue weighted by molar-refractivity contribution is 4.79. The SMILES string of the molecule is CC(C)CC(C)NC(C)CC1CCCN1. The van der Waals surface area contributed by atoms with Crippen LogP contribution in [0.15, 0.2) is 0 Å². The maximum atomic E-state index is 3.70. The average Bonchev–Trinajstić information content (AvgIpc) is 2.53. The largest absolute Gasteiger partial charge is 0.314 e. The van der Waals surface area contributed by atoms with Crippen LogP contribution in [0.5, 0.6) is 0 Å². The van der Waals surface area contributed by atoms with Gasteiger partial charge in [-0.2, -0.15) is 0 Å². The summed E-state index contributed by atoms with van der Waals surface area (Å²) >= 11 is 0.